The Balaban J connectivity index is 1.45. The monoisotopic (exact) mass is 430 g/mol. The van der Waals surface area contributed by atoms with E-state index in [0.29, 0.717) is 37.6 Å². The minimum Gasteiger partial charge on any atom is -0.497 e. The molecule has 0 spiro atoms. The van der Waals surface area contributed by atoms with E-state index in [1.54, 1.807) is 54.6 Å². The minimum atomic E-state index is -3.55. The number of carbonyl (C=O) groups is 2. The van der Waals surface area contributed by atoms with Gasteiger partial charge in [-0.1, -0.05) is 24.3 Å². The molecule has 2 aromatic rings. The van der Waals surface area contributed by atoms with Gasteiger partial charge in [0.15, 0.2) is 6.04 Å². The van der Waals surface area contributed by atoms with E-state index in [1.165, 1.54) is 16.3 Å². The van der Waals surface area contributed by atoms with Gasteiger partial charge in [-0.2, -0.15) is 4.31 Å². The summed E-state index contributed by atoms with van der Waals surface area (Å²) in [6, 6.07) is 14.7. The number of imide groups is 1. The molecular weight excluding hydrogens is 406 g/mol. The zero-order chi connectivity index (χ0) is 21.3. The Hall–Kier alpha value is -2.75. The van der Waals surface area contributed by atoms with Crippen LogP contribution in [0.2, 0.25) is 0 Å². The van der Waals surface area contributed by atoms with Crippen LogP contribution in [0.1, 0.15) is 6.42 Å². The van der Waals surface area contributed by atoms with Crippen molar-refractivity contribution in [1.82, 2.24) is 4.31 Å². The molecule has 158 valence electrons. The van der Waals surface area contributed by atoms with Crippen LogP contribution >= 0.6 is 0 Å². The Morgan fingerprint density at radius 1 is 1.00 bits per heavy atom. The van der Waals surface area contributed by atoms with Crippen molar-refractivity contribution in [2.75, 3.05) is 38.2 Å². The smallest absolute Gasteiger partial charge is 0.292 e. The van der Waals surface area contributed by atoms with Gasteiger partial charge < -0.3 is 9.64 Å². The van der Waals surface area contributed by atoms with Crippen LogP contribution in [0.5, 0.6) is 5.75 Å². The molecule has 30 heavy (non-hydrogen) atoms. The predicted molar refractivity (Wildman–Crippen MR) is 110 cm³/mol. The molecule has 1 unspecified atom stereocenters. The molecule has 9 heteroatoms. The molecular formula is C21H24N3O5S+. The molecule has 2 heterocycles. The highest BCUT2D eigenvalue weighted by Crippen LogP contribution is 2.26. The number of quaternary nitrogens is 1. The highest BCUT2D eigenvalue weighted by atomic mass is 32.2. The Morgan fingerprint density at radius 2 is 1.70 bits per heavy atom. The first kappa shape index (κ1) is 20.5. The van der Waals surface area contributed by atoms with E-state index in [2.05, 4.69) is 0 Å². The molecule has 0 aromatic heterocycles. The molecule has 2 aromatic carbocycles. The van der Waals surface area contributed by atoms with Crippen LogP contribution in [0, 0.1) is 0 Å². The summed E-state index contributed by atoms with van der Waals surface area (Å²) in [4.78, 5) is 28.0. The molecule has 1 N–H and O–H groups in total. The van der Waals surface area contributed by atoms with E-state index in [9.17, 15) is 18.0 Å². The summed E-state index contributed by atoms with van der Waals surface area (Å²) >= 11 is 0. The van der Waals surface area contributed by atoms with Crippen molar-refractivity contribution >= 4 is 27.5 Å². The van der Waals surface area contributed by atoms with Crippen molar-refractivity contribution in [3.05, 3.63) is 54.6 Å². The zero-order valence-corrected chi connectivity index (χ0v) is 17.5. The fourth-order valence-corrected chi connectivity index (χ4v) is 5.54. The third-order valence-corrected chi connectivity index (χ3v) is 7.61. The summed E-state index contributed by atoms with van der Waals surface area (Å²) in [5.74, 6) is 0.0799. The number of carbonyl (C=O) groups excluding carboxylic acids is 2. The molecule has 0 saturated carbocycles. The van der Waals surface area contributed by atoms with Crippen molar-refractivity contribution < 1.29 is 27.6 Å². The van der Waals surface area contributed by atoms with Crippen molar-refractivity contribution in [3.63, 3.8) is 0 Å². The SMILES string of the molecule is COc1cccc(N2C(=O)CC([NH+]3CCN(S(=O)(=O)c4ccccc4)CC3)C2=O)c1. The highest BCUT2D eigenvalue weighted by Gasteiger charge is 2.47. The van der Waals surface area contributed by atoms with Gasteiger partial charge in [-0.05, 0) is 24.3 Å². The third-order valence-electron chi connectivity index (χ3n) is 5.70. The van der Waals surface area contributed by atoms with E-state index in [0.717, 1.165) is 4.90 Å². The fourth-order valence-electron chi connectivity index (χ4n) is 4.08. The van der Waals surface area contributed by atoms with Gasteiger partial charge in [-0.3, -0.25) is 9.59 Å². The van der Waals surface area contributed by atoms with Gasteiger partial charge in [0, 0.05) is 6.07 Å². The van der Waals surface area contributed by atoms with Crippen LogP contribution in [-0.4, -0.2) is 63.9 Å². The summed E-state index contributed by atoms with van der Waals surface area (Å²) in [7, 11) is -2.02. The second-order valence-electron chi connectivity index (χ2n) is 7.40. The highest BCUT2D eigenvalue weighted by molar-refractivity contribution is 7.89. The van der Waals surface area contributed by atoms with Crippen LogP contribution in [-0.2, 0) is 19.6 Å². The summed E-state index contributed by atoms with van der Waals surface area (Å²) in [6.07, 6.45) is 0.122. The number of nitrogens with one attached hydrogen (secondary N) is 1. The van der Waals surface area contributed by atoms with Crippen LogP contribution < -0.4 is 14.5 Å². The predicted octanol–water partition coefficient (Wildman–Crippen LogP) is -0.0835. The number of hydrogen-bond donors (Lipinski definition) is 1. The molecule has 2 saturated heterocycles. The largest absolute Gasteiger partial charge is 0.497 e. The molecule has 4 rings (SSSR count). The second-order valence-corrected chi connectivity index (χ2v) is 9.34. The van der Waals surface area contributed by atoms with Crippen LogP contribution in [0.4, 0.5) is 5.69 Å². The Morgan fingerprint density at radius 3 is 2.37 bits per heavy atom. The average molecular weight is 431 g/mol. The second kappa shape index (κ2) is 8.17. The van der Waals surface area contributed by atoms with Crippen molar-refractivity contribution in [2.45, 2.75) is 17.4 Å². The maximum absolute atomic E-state index is 13.0. The summed E-state index contributed by atoms with van der Waals surface area (Å²) in [5.41, 5.74) is 0.497. The van der Waals surface area contributed by atoms with Gasteiger partial charge in [0.05, 0.1) is 50.3 Å². The van der Waals surface area contributed by atoms with Crippen LogP contribution in [0.25, 0.3) is 0 Å². The Labute approximate surface area is 175 Å². The van der Waals surface area contributed by atoms with E-state index in [4.69, 9.17) is 4.74 Å². The number of benzene rings is 2. The number of piperazine rings is 1. The lowest BCUT2D eigenvalue weighted by atomic mass is 10.2. The first-order chi connectivity index (χ1) is 14.4. The first-order valence-corrected chi connectivity index (χ1v) is 11.3. The lowest BCUT2D eigenvalue weighted by molar-refractivity contribution is -0.918. The summed E-state index contributed by atoms with van der Waals surface area (Å²) in [5, 5.41) is 0. The average Bonchev–Trinajstić information content (AvgIpc) is 3.08. The van der Waals surface area contributed by atoms with Gasteiger partial charge in [0.25, 0.3) is 5.91 Å². The van der Waals surface area contributed by atoms with Gasteiger partial charge in [0.1, 0.15) is 5.75 Å². The molecule has 0 bridgehead atoms. The number of hydrogen-bond acceptors (Lipinski definition) is 5. The van der Waals surface area contributed by atoms with Gasteiger partial charge in [-0.15, -0.1) is 0 Å². The third kappa shape index (κ3) is 3.71. The number of amides is 2. The molecule has 2 amide bonds. The zero-order valence-electron chi connectivity index (χ0n) is 16.7. The molecule has 0 radical (unpaired) electrons. The van der Waals surface area contributed by atoms with E-state index >= 15 is 0 Å². The lowest BCUT2D eigenvalue weighted by Gasteiger charge is -2.33. The Kier molecular flexibility index (Phi) is 5.59. The maximum atomic E-state index is 13.0. The van der Waals surface area contributed by atoms with E-state index < -0.39 is 16.1 Å². The van der Waals surface area contributed by atoms with Crippen LogP contribution in [0.15, 0.2) is 59.5 Å². The topological polar surface area (TPSA) is 88.4 Å². The van der Waals surface area contributed by atoms with Crippen molar-refractivity contribution in [1.29, 1.82) is 0 Å². The number of anilines is 1. The summed E-state index contributed by atoms with van der Waals surface area (Å²) in [6.45, 7) is 1.57. The van der Waals surface area contributed by atoms with Gasteiger partial charge in [0.2, 0.25) is 15.9 Å². The number of sulfonamides is 1. The molecule has 2 aliphatic heterocycles. The molecule has 0 aliphatic carbocycles. The van der Waals surface area contributed by atoms with Gasteiger partial charge >= 0.3 is 0 Å². The first-order valence-electron chi connectivity index (χ1n) is 9.82. The maximum Gasteiger partial charge on any atom is 0.292 e. The molecule has 2 fully saturated rings. The fraction of sp³-hybridized carbons (Fsp3) is 0.333. The van der Waals surface area contributed by atoms with Crippen molar-refractivity contribution in [2.24, 2.45) is 0 Å². The number of ether oxygens (including phenoxy) is 1. The van der Waals surface area contributed by atoms with Crippen molar-refractivity contribution in [3.8, 4) is 5.75 Å². The van der Waals surface area contributed by atoms with Gasteiger partial charge in [-0.25, -0.2) is 13.3 Å². The molecule has 1 atom stereocenters. The standard InChI is InChI=1S/C21H23N3O5S/c1-29-17-7-5-6-16(14-17)24-20(25)15-19(21(24)26)22-10-12-23(13-11-22)30(27,28)18-8-3-2-4-9-18/h2-9,14,19H,10-13,15H2,1H3/p+1. The van der Waals surface area contributed by atoms with E-state index in [-0.39, 0.29) is 23.1 Å². The molecule has 8 nitrogen and oxygen atoms in total. The number of nitrogens with zero attached hydrogens (tertiary/aromatic N) is 2. The number of rotatable bonds is 5. The lowest BCUT2D eigenvalue weighted by Crippen LogP contribution is -3.19. The quantitative estimate of drug-likeness (QED) is 0.671. The van der Waals surface area contributed by atoms with E-state index in [1.807, 2.05) is 0 Å². The minimum absolute atomic E-state index is 0.122. The Bertz CT molecular complexity index is 1050. The van der Waals surface area contributed by atoms with Crippen LogP contribution in [0.3, 0.4) is 0 Å². The number of methoxy groups -OCH3 is 1. The molecule has 2 aliphatic rings. The summed E-state index contributed by atoms with van der Waals surface area (Å²) < 4.78 is 32.3. The normalized spacial score (nSPS) is 21.2.